The number of anilines is 2. The van der Waals surface area contributed by atoms with Crippen LogP contribution >= 0.6 is 0 Å². The van der Waals surface area contributed by atoms with Crippen molar-refractivity contribution in [2.45, 2.75) is 57.8 Å². The summed E-state index contributed by atoms with van der Waals surface area (Å²) in [5, 5.41) is 4.41. The molecule has 0 amide bonds. The Hall–Kier alpha value is -2.91. The predicted octanol–water partition coefficient (Wildman–Crippen LogP) is 3.41. The average Bonchev–Trinajstić information content (AvgIpc) is 3.06. The Morgan fingerprint density at radius 3 is 2.47 bits per heavy atom. The lowest BCUT2D eigenvalue weighted by Gasteiger charge is -2.33. The molecular weight excluding hydrogens is 429 g/mol. The molecule has 0 aliphatic carbocycles. The number of piperidine rings is 1. The Bertz CT molecular complexity index is 1150. The third-order valence-corrected chi connectivity index (χ3v) is 7.25. The van der Waals surface area contributed by atoms with Crippen LogP contribution in [-0.2, 0) is 9.31 Å². The van der Waals surface area contributed by atoms with Crippen LogP contribution in [0, 0.1) is 0 Å². The second-order valence-electron chi connectivity index (χ2n) is 10.1. The fourth-order valence-corrected chi connectivity index (χ4v) is 4.48. The molecule has 0 bridgehead atoms. The summed E-state index contributed by atoms with van der Waals surface area (Å²) >= 11 is 0. The van der Waals surface area contributed by atoms with E-state index in [1.807, 2.05) is 64.5 Å². The van der Waals surface area contributed by atoms with Gasteiger partial charge in [-0.1, -0.05) is 6.07 Å². The number of hydrogen-bond donors (Lipinski definition) is 1. The molecule has 2 aliphatic heterocycles. The topological polar surface area (TPSA) is 81.6 Å². The van der Waals surface area contributed by atoms with Crippen LogP contribution in [0.15, 0.2) is 42.9 Å². The van der Waals surface area contributed by atoms with Crippen LogP contribution in [0.2, 0.25) is 0 Å². The molecule has 1 N–H and O–H groups in total. The van der Waals surface area contributed by atoms with E-state index in [2.05, 4.69) is 26.3 Å². The summed E-state index contributed by atoms with van der Waals surface area (Å²) in [5.41, 5.74) is 2.03. The Labute approximate surface area is 201 Å². The quantitative estimate of drug-likeness (QED) is 0.579. The second-order valence-corrected chi connectivity index (χ2v) is 10.1. The zero-order chi connectivity index (χ0) is 23.9. The molecule has 2 aliphatic rings. The molecule has 0 unspecified atom stereocenters. The van der Waals surface area contributed by atoms with Gasteiger partial charge in [0.25, 0.3) is 0 Å². The van der Waals surface area contributed by atoms with Crippen LogP contribution in [-0.4, -0.2) is 59.5 Å². The standard InChI is InChI=1S/C25H32BN5O3/c1-24(2)25(3,4)34-26(33-24)18-13-17-15-28-23(30-22(17)21(14-18)32-5)29-19-8-11-31(12-9-19)20-7-6-10-27-16-20/h6-7,10,13-16,19H,8-9,11-12H2,1-5H3,(H,28,29,30). The summed E-state index contributed by atoms with van der Waals surface area (Å²) < 4.78 is 18.1. The maximum Gasteiger partial charge on any atom is 0.494 e. The number of benzene rings is 1. The molecule has 2 aromatic heterocycles. The van der Waals surface area contributed by atoms with Gasteiger partial charge in [0.05, 0.1) is 30.2 Å². The third-order valence-electron chi connectivity index (χ3n) is 7.25. The van der Waals surface area contributed by atoms with Crippen molar-refractivity contribution in [2.24, 2.45) is 0 Å². The van der Waals surface area contributed by atoms with E-state index in [1.165, 1.54) is 5.69 Å². The average molecular weight is 461 g/mol. The Balaban J connectivity index is 1.31. The molecule has 5 rings (SSSR count). The number of rotatable bonds is 5. The molecule has 1 aromatic carbocycles. The first-order chi connectivity index (χ1) is 16.3. The molecule has 9 heteroatoms. The molecule has 4 heterocycles. The Morgan fingerprint density at radius 1 is 1.09 bits per heavy atom. The summed E-state index contributed by atoms with van der Waals surface area (Å²) in [6.07, 6.45) is 7.58. The molecule has 0 atom stereocenters. The second kappa shape index (κ2) is 8.71. The Kier molecular flexibility index (Phi) is 5.85. The van der Waals surface area contributed by atoms with E-state index in [1.54, 1.807) is 7.11 Å². The highest BCUT2D eigenvalue weighted by Gasteiger charge is 2.51. The van der Waals surface area contributed by atoms with Crippen molar-refractivity contribution >= 4 is 35.1 Å². The zero-order valence-electron chi connectivity index (χ0n) is 20.5. The number of nitrogens with zero attached hydrogens (tertiary/aromatic N) is 4. The SMILES string of the molecule is COc1cc(B2OC(C)(C)C(C)(C)O2)cc2cnc(NC3CCN(c4cccnc4)CC3)nc12. The molecule has 3 aromatic rings. The summed E-state index contributed by atoms with van der Waals surface area (Å²) in [6, 6.07) is 8.38. The lowest BCUT2D eigenvalue weighted by atomic mass is 9.78. The van der Waals surface area contributed by atoms with Gasteiger partial charge in [0, 0.05) is 36.9 Å². The monoisotopic (exact) mass is 461 g/mol. The van der Waals surface area contributed by atoms with E-state index in [-0.39, 0.29) is 0 Å². The summed E-state index contributed by atoms with van der Waals surface area (Å²) in [4.78, 5) is 16.0. The molecule has 0 radical (unpaired) electrons. The van der Waals surface area contributed by atoms with E-state index in [0.717, 1.165) is 42.3 Å². The first-order valence-electron chi connectivity index (χ1n) is 11.9. The minimum Gasteiger partial charge on any atom is -0.494 e. The van der Waals surface area contributed by atoms with Crippen molar-refractivity contribution in [3.63, 3.8) is 0 Å². The van der Waals surface area contributed by atoms with E-state index in [9.17, 15) is 0 Å². The highest BCUT2D eigenvalue weighted by atomic mass is 16.7. The number of fused-ring (bicyclic) bond motifs is 1. The van der Waals surface area contributed by atoms with Crippen molar-refractivity contribution < 1.29 is 14.0 Å². The zero-order valence-corrected chi connectivity index (χ0v) is 20.5. The Morgan fingerprint density at radius 2 is 1.82 bits per heavy atom. The van der Waals surface area contributed by atoms with E-state index in [4.69, 9.17) is 19.0 Å². The lowest BCUT2D eigenvalue weighted by Crippen LogP contribution is -2.41. The van der Waals surface area contributed by atoms with Gasteiger partial charge in [-0.15, -0.1) is 0 Å². The number of ether oxygens (including phenoxy) is 1. The molecule has 2 fully saturated rings. The molecule has 0 spiro atoms. The molecule has 8 nitrogen and oxygen atoms in total. The van der Waals surface area contributed by atoms with Crippen LogP contribution in [0.5, 0.6) is 5.75 Å². The van der Waals surface area contributed by atoms with E-state index < -0.39 is 18.3 Å². The summed E-state index contributed by atoms with van der Waals surface area (Å²) in [6.45, 7) is 10.1. The normalized spacial score (nSPS) is 20.0. The van der Waals surface area contributed by atoms with Crippen molar-refractivity contribution in [3.05, 3.63) is 42.9 Å². The van der Waals surface area contributed by atoms with Gasteiger partial charge < -0.3 is 24.3 Å². The smallest absolute Gasteiger partial charge is 0.494 e. The highest BCUT2D eigenvalue weighted by molar-refractivity contribution is 6.62. The van der Waals surface area contributed by atoms with Gasteiger partial charge in [-0.05, 0) is 64.2 Å². The largest absolute Gasteiger partial charge is 0.494 e. The number of pyridine rings is 1. The van der Waals surface area contributed by atoms with Gasteiger partial charge in [-0.25, -0.2) is 9.97 Å². The molecule has 178 valence electrons. The van der Waals surface area contributed by atoms with Crippen LogP contribution in [0.3, 0.4) is 0 Å². The fourth-order valence-electron chi connectivity index (χ4n) is 4.48. The van der Waals surface area contributed by atoms with E-state index in [0.29, 0.717) is 17.7 Å². The van der Waals surface area contributed by atoms with Crippen LogP contribution < -0.4 is 20.4 Å². The van der Waals surface area contributed by atoms with Gasteiger partial charge in [0.1, 0.15) is 11.3 Å². The van der Waals surface area contributed by atoms with Gasteiger partial charge in [0.2, 0.25) is 5.95 Å². The molecule has 2 saturated heterocycles. The summed E-state index contributed by atoms with van der Waals surface area (Å²) in [7, 11) is 1.19. The van der Waals surface area contributed by atoms with Crippen molar-refractivity contribution in [1.82, 2.24) is 15.0 Å². The van der Waals surface area contributed by atoms with Gasteiger partial charge in [-0.2, -0.15) is 0 Å². The van der Waals surface area contributed by atoms with E-state index >= 15 is 0 Å². The van der Waals surface area contributed by atoms with Crippen molar-refractivity contribution in [3.8, 4) is 5.75 Å². The van der Waals surface area contributed by atoms with Gasteiger partial charge in [-0.3, -0.25) is 4.98 Å². The third kappa shape index (κ3) is 4.30. The summed E-state index contributed by atoms with van der Waals surface area (Å²) in [5.74, 6) is 1.30. The van der Waals surface area contributed by atoms with Crippen LogP contribution in [0.4, 0.5) is 11.6 Å². The maximum absolute atomic E-state index is 6.22. The minimum absolute atomic E-state index is 0.320. The first kappa shape index (κ1) is 22.9. The lowest BCUT2D eigenvalue weighted by molar-refractivity contribution is 0.00578. The first-order valence-corrected chi connectivity index (χ1v) is 11.9. The molecular formula is C25H32BN5O3. The number of methoxy groups -OCH3 is 1. The number of aromatic nitrogens is 3. The highest BCUT2D eigenvalue weighted by Crippen LogP contribution is 2.37. The predicted molar refractivity (Wildman–Crippen MR) is 135 cm³/mol. The van der Waals surface area contributed by atoms with Crippen LogP contribution in [0.1, 0.15) is 40.5 Å². The minimum atomic E-state index is -0.467. The van der Waals surface area contributed by atoms with Crippen LogP contribution in [0.25, 0.3) is 10.9 Å². The van der Waals surface area contributed by atoms with Gasteiger partial charge in [0.15, 0.2) is 0 Å². The molecule has 0 saturated carbocycles. The fraction of sp³-hybridized carbons (Fsp3) is 0.480. The van der Waals surface area contributed by atoms with Crippen molar-refractivity contribution in [1.29, 1.82) is 0 Å². The number of nitrogens with one attached hydrogen (secondary N) is 1. The van der Waals surface area contributed by atoms with Crippen molar-refractivity contribution in [2.75, 3.05) is 30.4 Å². The number of hydrogen-bond acceptors (Lipinski definition) is 8. The maximum atomic E-state index is 6.22. The van der Waals surface area contributed by atoms with Gasteiger partial charge >= 0.3 is 7.12 Å². The molecule has 34 heavy (non-hydrogen) atoms.